The van der Waals surface area contributed by atoms with Crippen molar-refractivity contribution < 1.29 is 0 Å². The lowest BCUT2D eigenvalue weighted by molar-refractivity contribution is 0.797. The summed E-state index contributed by atoms with van der Waals surface area (Å²) in [5, 5.41) is 4.01. The van der Waals surface area contributed by atoms with Crippen molar-refractivity contribution in [2.24, 2.45) is 16.6 Å². The van der Waals surface area contributed by atoms with Gasteiger partial charge in [-0.3, -0.25) is 16.3 Å². The van der Waals surface area contributed by atoms with Gasteiger partial charge in [0.1, 0.15) is 0 Å². The number of hydrogen-bond donors (Lipinski definition) is 5. The van der Waals surface area contributed by atoms with Crippen LogP contribution in [0, 0.1) is 0 Å². The second-order valence-electron chi connectivity index (χ2n) is 2.27. The molecule has 0 amide bonds. The van der Waals surface area contributed by atoms with Gasteiger partial charge in [0.2, 0.25) is 0 Å². The Morgan fingerprint density at radius 1 is 1.21 bits per heavy atom. The van der Waals surface area contributed by atoms with E-state index in [-0.39, 0.29) is 10.2 Å². The summed E-state index contributed by atoms with van der Waals surface area (Å²) >= 11 is 9.13. The molecule has 0 bridgehead atoms. The first-order valence-corrected chi connectivity index (χ1v) is 4.35. The number of allylic oxidation sites excluding steroid dienone is 1. The molecule has 0 aromatic rings. The Morgan fingerprint density at radius 2 is 1.79 bits per heavy atom. The van der Waals surface area contributed by atoms with Gasteiger partial charge in [-0.1, -0.05) is 6.58 Å². The van der Waals surface area contributed by atoms with E-state index in [1.807, 2.05) is 0 Å². The largest absolute Gasteiger partial charge is 0.375 e. The van der Waals surface area contributed by atoms with Crippen molar-refractivity contribution in [3.63, 3.8) is 0 Å². The lowest BCUT2D eigenvalue weighted by Gasteiger charge is -2.09. The van der Waals surface area contributed by atoms with E-state index in [1.165, 1.54) is 0 Å². The molecule has 6 nitrogen and oxygen atoms in total. The van der Waals surface area contributed by atoms with Gasteiger partial charge in [0.05, 0.1) is 11.4 Å². The van der Waals surface area contributed by atoms with Crippen LogP contribution in [0.15, 0.2) is 17.4 Å². The van der Waals surface area contributed by atoms with E-state index in [0.717, 1.165) is 0 Å². The Bertz CT molecular complexity index is 284. The molecule has 0 radical (unpaired) electrons. The molecule has 0 aliphatic heterocycles. The van der Waals surface area contributed by atoms with Crippen molar-refractivity contribution >= 4 is 40.4 Å². The van der Waals surface area contributed by atoms with E-state index in [0.29, 0.717) is 11.4 Å². The molecule has 0 rings (SSSR count). The normalized spacial score (nSPS) is 10.2. The molecule has 0 fully saturated rings. The molecule has 7 N–H and O–H groups in total. The lowest BCUT2D eigenvalue weighted by Crippen LogP contribution is -2.41. The third-order valence-electron chi connectivity index (χ3n) is 1.11. The maximum Gasteiger partial charge on any atom is 0.184 e. The number of hydrogen-bond acceptors (Lipinski definition) is 4. The van der Waals surface area contributed by atoms with Gasteiger partial charge in [-0.15, -0.1) is 0 Å². The van der Waals surface area contributed by atoms with E-state index >= 15 is 0 Å². The molecule has 0 aromatic carbocycles. The second-order valence-corrected chi connectivity index (χ2v) is 3.15. The third kappa shape index (κ3) is 6.14. The van der Waals surface area contributed by atoms with Crippen LogP contribution < -0.4 is 27.7 Å². The Kier molecular flexibility index (Phi) is 5.49. The molecule has 8 heteroatoms. The van der Waals surface area contributed by atoms with E-state index in [1.54, 1.807) is 6.92 Å². The molecule has 0 unspecified atom stereocenters. The second kappa shape index (κ2) is 6.11. The molecule has 78 valence electrons. The van der Waals surface area contributed by atoms with Crippen molar-refractivity contribution in [2.75, 3.05) is 0 Å². The van der Waals surface area contributed by atoms with Crippen molar-refractivity contribution in [3.05, 3.63) is 12.3 Å². The molecule has 0 saturated heterocycles. The molecule has 0 atom stereocenters. The Hall–Kier alpha value is -1.41. The van der Waals surface area contributed by atoms with Gasteiger partial charge in [-0.2, -0.15) is 5.10 Å². The average Bonchev–Trinajstić information content (AvgIpc) is 2.09. The molecule has 0 heterocycles. The predicted octanol–water partition coefficient (Wildman–Crippen LogP) is -0.953. The average molecular weight is 232 g/mol. The van der Waals surface area contributed by atoms with Crippen LogP contribution in [0.1, 0.15) is 6.92 Å². The highest BCUT2D eigenvalue weighted by Crippen LogP contribution is 1.86. The van der Waals surface area contributed by atoms with Gasteiger partial charge in [0.25, 0.3) is 0 Å². The van der Waals surface area contributed by atoms with Gasteiger partial charge < -0.3 is 11.5 Å². The fourth-order valence-corrected chi connectivity index (χ4v) is 0.531. The maximum atomic E-state index is 5.18. The topological polar surface area (TPSA) is 100 Å². The van der Waals surface area contributed by atoms with Gasteiger partial charge in [0.15, 0.2) is 10.2 Å². The van der Waals surface area contributed by atoms with Gasteiger partial charge >= 0.3 is 0 Å². The smallest absolute Gasteiger partial charge is 0.184 e. The van der Waals surface area contributed by atoms with Gasteiger partial charge in [-0.25, -0.2) is 0 Å². The Balaban J connectivity index is 4.04. The minimum atomic E-state index is 0.0828. The van der Waals surface area contributed by atoms with Crippen LogP contribution >= 0.6 is 24.4 Å². The number of nitrogens with one attached hydrogen (secondary N) is 3. The standard InChI is InChI=1S/C6H12N6S2/c1-3(9-11-5(7)13)4(2)10-12-6(8)14/h9H,1H2,2H3,(H3,7,11,13)(H3,8,12,14). The molecule has 0 aliphatic rings. The maximum absolute atomic E-state index is 5.18. The Labute approximate surface area is 92.8 Å². The van der Waals surface area contributed by atoms with E-state index in [9.17, 15) is 0 Å². The third-order valence-corrected chi connectivity index (χ3v) is 1.30. The summed E-state index contributed by atoms with van der Waals surface area (Å²) in [5.41, 5.74) is 19.0. The zero-order valence-corrected chi connectivity index (χ0v) is 9.26. The quantitative estimate of drug-likeness (QED) is 0.242. The van der Waals surface area contributed by atoms with Gasteiger partial charge in [-0.05, 0) is 31.4 Å². The zero-order valence-electron chi connectivity index (χ0n) is 7.63. The highest BCUT2D eigenvalue weighted by atomic mass is 32.1. The first-order chi connectivity index (χ1) is 6.43. The number of hydrazine groups is 1. The Morgan fingerprint density at radius 3 is 2.21 bits per heavy atom. The SMILES string of the molecule is C=C(NNC(N)=S)C(C)=NNC(N)=S. The number of hydrazone groups is 1. The van der Waals surface area contributed by atoms with Crippen LogP contribution in [0.25, 0.3) is 0 Å². The lowest BCUT2D eigenvalue weighted by atomic mass is 10.3. The summed E-state index contributed by atoms with van der Waals surface area (Å²) in [4.78, 5) is 0. The van der Waals surface area contributed by atoms with Gasteiger partial charge in [0, 0.05) is 0 Å². The minimum absolute atomic E-state index is 0.0828. The summed E-state index contributed by atoms with van der Waals surface area (Å²) in [7, 11) is 0. The number of thiocarbonyl (C=S) groups is 2. The molecule has 0 aliphatic carbocycles. The van der Waals surface area contributed by atoms with Crippen LogP contribution in [0.4, 0.5) is 0 Å². The van der Waals surface area contributed by atoms with Crippen LogP contribution in [-0.2, 0) is 0 Å². The highest BCUT2D eigenvalue weighted by molar-refractivity contribution is 7.80. The van der Waals surface area contributed by atoms with E-state index in [4.69, 9.17) is 11.5 Å². The number of rotatable bonds is 4. The molecular weight excluding hydrogens is 220 g/mol. The fourth-order valence-electron chi connectivity index (χ4n) is 0.434. The minimum Gasteiger partial charge on any atom is -0.375 e. The summed E-state index contributed by atoms with van der Waals surface area (Å²) < 4.78 is 0. The van der Waals surface area contributed by atoms with Crippen molar-refractivity contribution in [3.8, 4) is 0 Å². The zero-order chi connectivity index (χ0) is 11.1. The fraction of sp³-hybridized carbons (Fsp3) is 0.167. The van der Waals surface area contributed by atoms with Crippen LogP contribution in [0.5, 0.6) is 0 Å². The van der Waals surface area contributed by atoms with E-state index in [2.05, 4.69) is 52.4 Å². The summed E-state index contributed by atoms with van der Waals surface area (Å²) in [6.07, 6.45) is 0. The first kappa shape index (κ1) is 12.6. The molecule has 0 spiro atoms. The molecule has 0 saturated carbocycles. The number of nitrogens with two attached hydrogens (primary N) is 2. The number of nitrogens with zero attached hydrogens (tertiary/aromatic N) is 1. The monoisotopic (exact) mass is 232 g/mol. The van der Waals surface area contributed by atoms with Crippen molar-refractivity contribution in [1.82, 2.24) is 16.3 Å². The molecule has 14 heavy (non-hydrogen) atoms. The molecule has 0 aromatic heterocycles. The summed E-state index contributed by atoms with van der Waals surface area (Å²) in [5.74, 6) is 0. The van der Waals surface area contributed by atoms with Crippen LogP contribution in [0.2, 0.25) is 0 Å². The summed E-state index contributed by atoms with van der Waals surface area (Å²) in [6.45, 7) is 5.37. The molecular formula is C6H12N6S2. The first-order valence-electron chi connectivity index (χ1n) is 3.54. The summed E-state index contributed by atoms with van der Waals surface area (Å²) in [6, 6.07) is 0. The van der Waals surface area contributed by atoms with Crippen LogP contribution in [-0.4, -0.2) is 15.9 Å². The van der Waals surface area contributed by atoms with Crippen molar-refractivity contribution in [2.45, 2.75) is 6.92 Å². The van der Waals surface area contributed by atoms with E-state index < -0.39 is 0 Å². The van der Waals surface area contributed by atoms with Crippen molar-refractivity contribution in [1.29, 1.82) is 0 Å². The van der Waals surface area contributed by atoms with Crippen LogP contribution in [0.3, 0.4) is 0 Å². The highest BCUT2D eigenvalue weighted by Gasteiger charge is 1.97. The predicted molar refractivity (Wildman–Crippen MR) is 65.2 cm³/mol.